The summed E-state index contributed by atoms with van der Waals surface area (Å²) in [5.41, 5.74) is -0.474. The summed E-state index contributed by atoms with van der Waals surface area (Å²) in [5, 5.41) is 12.6. The van der Waals surface area contributed by atoms with Crippen molar-refractivity contribution in [1.29, 1.82) is 0 Å². The van der Waals surface area contributed by atoms with Crippen molar-refractivity contribution in [3.05, 3.63) is 28.3 Å². The molecule has 0 bridgehead atoms. The number of aromatic nitrogens is 3. The number of nitrogens with zero attached hydrogens (tertiary/aromatic N) is 5. The highest BCUT2D eigenvalue weighted by molar-refractivity contribution is 7.09. The van der Waals surface area contributed by atoms with Crippen LogP contribution in [0.5, 0.6) is 0 Å². The molecular weight excluding hydrogens is 354 g/mol. The largest absolute Gasteiger partial charge is 0.481 e. The Morgan fingerprint density at radius 3 is 2.73 bits per heavy atom. The van der Waals surface area contributed by atoms with Crippen LogP contribution in [-0.2, 0) is 21.5 Å². The van der Waals surface area contributed by atoms with E-state index in [-0.39, 0.29) is 0 Å². The van der Waals surface area contributed by atoms with Crippen LogP contribution < -0.4 is 9.80 Å². The molecular formula is C17H23N5O3S. The molecule has 9 heteroatoms. The Labute approximate surface area is 156 Å². The SMILES string of the molecule is CN(Cc1nccs1)c1ncc(C(C)(C)C(=O)O)c(N2CCOCC2)n1. The van der Waals surface area contributed by atoms with Gasteiger partial charge in [0, 0.05) is 43.5 Å². The Morgan fingerprint density at radius 1 is 1.38 bits per heavy atom. The van der Waals surface area contributed by atoms with Crippen molar-refractivity contribution in [2.24, 2.45) is 0 Å². The Kier molecular flexibility index (Phi) is 5.38. The van der Waals surface area contributed by atoms with E-state index in [0.29, 0.717) is 50.2 Å². The molecule has 26 heavy (non-hydrogen) atoms. The van der Waals surface area contributed by atoms with Gasteiger partial charge in [-0.3, -0.25) is 4.79 Å². The average Bonchev–Trinajstić information content (AvgIpc) is 3.14. The van der Waals surface area contributed by atoms with Crippen LogP contribution >= 0.6 is 11.3 Å². The zero-order chi connectivity index (χ0) is 18.7. The summed E-state index contributed by atoms with van der Waals surface area (Å²) >= 11 is 1.58. The van der Waals surface area contributed by atoms with Crippen molar-refractivity contribution in [3.63, 3.8) is 0 Å². The maximum Gasteiger partial charge on any atom is 0.313 e. The van der Waals surface area contributed by atoms with Gasteiger partial charge in [0.1, 0.15) is 10.8 Å². The minimum Gasteiger partial charge on any atom is -0.481 e. The molecule has 0 aliphatic carbocycles. The fourth-order valence-corrected chi connectivity index (χ4v) is 3.39. The van der Waals surface area contributed by atoms with E-state index in [1.807, 2.05) is 17.3 Å². The van der Waals surface area contributed by atoms with E-state index >= 15 is 0 Å². The van der Waals surface area contributed by atoms with Gasteiger partial charge in [-0.2, -0.15) is 4.98 Å². The summed E-state index contributed by atoms with van der Waals surface area (Å²) < 4.78 is 5.42. The van der Waals surface area contributed by atoms with Crippen LogP contribution in [0.2, 0.25) is 0 Å². The number of carboxylic acids is 1. The molecule has 3 rings (SSSR count). The standard InChI is InChI=1S/C17H23N5O3S/c1-17(2,15(23)24)12-10-19-16(21(3)11-13-18-4-9-26-13)20-14(12)22-5-7-25-8-6-22/h4,9-10H,5-8,11H2,1-3H3,(H,23,24). The van der Waals surface area contributed by atoms with E-state index in [2.05, 4.69) is 14.9 Å². The van der Waals surface area contributed by atoms with E-state index < -0.39 is 11.4 Å². The fraction of sp³-hybridized carbons (Fsp3) is 0.529. The fourth-order valence-electron chi connectivity index (χ4n) is 2.72. The molecule has 0 radical (unpaired) electrons. The van der Waals surface area contributed by atoms with Crippen molar-refractivity contribution >= 4 is 29.1 Å². The number of rotatable bonds is 6. The molecule has 0 amide bonds. The van der Waals surface area contributed by atoms with Gasteiger partial charge in [0.15, 0.2) is 0 Å². The second kappa shape index (κ2) is 7.55. The minimum atomic E-state index is -1.08. The van der Waals surface area contributed by atoms with E-state index in [0.717, 1.165) is 5.01 Å². The summed E-state index contributed by atoms with van der Waals surface area (Å²) in [7, 11) is 1.90. The summed E-state index contributed by atoms with van der Waals surface area (Å²) in [6.45, 7) is 6.50. The van der Waals surface area contributed by atoms with Crippen LogP contribution in [0.1, 0.15) is 24.4 Å². The first-order valence-corrected chi connectivity index (χ1v) is 9.30. The van der Waals surface area contributed by atoms with Crippen molar-refractivity contribution in [2.45, 2.75) is 25.8 Å². The number of hydrogen-bond donors (Lipinski definition) is 1. The quantitative estimate of drug-likeness (QED) is 0.814. The van der Waals surface area contributed by atoms with Gasteiger partial charge in [0.2, 0.25) is 5.95 Å². The second-order valence-electron chi connectivity index (χ2n) is 6.72. The van der Waals surface area contributed by atoms with Gasteiger partial charge in [-0.25, -0.2) is 9.97 Å². The minimum absolute atomic E-state index is 0.548. The smallest absolute Gasteiger partial charge is 0.313 e. The predicted molar refractivity (Wildman–Crippen MR) is 99.9 cm³/mol. The second-order valence-corrected chi connectivity index (χ2v) is 7.70. The van der Waals surface area contributed by atoms with Crippen molar-refractivity contribution < 1.29 is 14.6 Å². The Morgan fingerprint density at radius 2 is 2.12 bits per heavy atom. The number of anilines is 2. The van der Waals surface area contributed by atoms with E-state index in [9.17, 15) is 9.90 Å². The molecule has 2 aromatic heterocycles. The predicted octanol–water partition coefficient (Wildman–Crippen LogP) is 1.77. The summed E-state index contributed by atoms with van der Waals surface area (Å²) in [4.78, 5) is 29.2. The molecule has 0 atom stereocenters. The third-order valence-electron chi connectivity index (χ3n) is 4.47. The normalized spacial score (nSPS) is 15.1. The number of thiazole rings is 1. The molecule has 8 nitrogen and oxygen atoms in total. The summed E-state index contributed by atoms with van der Waals surface area (Å²) in [6.07, 6.45) is 3.41. The highest BCUT2D eigenvalue weighted by Crippen LogP contribution is 2.32. The molecule has 0 aromatic carbocycles. The number of carbonyl (C=O) groups is 1. The molecule has 0 unspecified atom stereocenters. The highest BCUT2D eigenvalue weighted by Gasteiger charge is 2.35. The first-order chi connectivity index (χ1) is 12.4. The van der Waals surface area contributed by atoms with Gasteiger partial charge in [0.05, 0.1) is 25.2 Å². The average molecular weight is 377 g/mol. The Balaban J connectivity index is 1.96. The number of ether oxygens (including phenoxy) is 1. The maximum atomic E-state index is 11.8. The molecule has 1 aliphatic heterocycles. The molecule has 2 aromatic rings. The molecule has 1 fully saturated rings. The molecule has 1 aliphatic rings. The van der Waals surface area contributed by atoms with Gasteiger partial charge < -0.3 is 19.6 Å². The monoisotopic (exact) mass is 377 g/mol. The molecule has 0 saturated carbocycles. The molecule has 1 saturated heterocycles. The van der Waals surface area contributed by atoms with Crippen LogP contribution in [0.15, 0.2) is 17.8 Å². The lowest BCUT2D eigenvalue weighted by molar-refractivity contribution is -0.142. The van der Waals surface area contributed by atoms with E-state index in [4.69, 9.17) is 9.72 Å². The molecule has 1 N–H and O–H groups in total. The van der Waals surface area contributed by atoms with Crippen LogP contribution in [0.3, 0.4) is 0 Å². The van der Waals surface area contributed by atoms with Gasteiger partial charge in [-0.1, -0.05) is 0 Å². The zero-order valence-electron chi connectivity index (χ0n) is 15.2. The van der Waals surface area contributed by atoms with E-state index in [1.165, 1.54) is 0 Å². The lowest BCUT2D eigenvalue weighted by Gasteiger charge is -2.33. The number of hydrogen-bond acceptors (Lipinski definition) is 8. The van der Waals surface area contributed by atoms with Gasteiger partial charge in [0.25, 0.3) is 0 Å². The lowest BCUT2D eigenvalue weighted by atomic mass is 9.85. The van der Waals surface area contributed by atoms with Crippen LogP contribution in [-0.4, -0.2) is 59.4 Å². The molecule has 0 spiro atoms. The van der Waals surface area contributed by atoms with Crippen LogP contribution in [0, 0.1) is 0 Å². The third kappa shape index (κ3) is 3.78. The Hall–Kier alpha value is -2.26. The number of carboxylic acid groups (broad SMARTS) is 1. The topological polar surface area (TPSA) is 91.7 Å². The summed E-state index contributed by atoms with van der Waals surface area (Å²) in [6, 6.07) is 0. The third-order valence-corrected chi connectivity index (χ3v) is 5.24. The van der Waals surface area contributed by atoms with Crippen LogP contribution in [0.4, 0.5) is 11.8 Å². The summed E-state index contributed by atoms with van der Waals surface area (Å²) in [5.74, 6) is 0.308. The van der Waals surface area contributed by atoms with Crippen molar-refractivity contribution in [3.8, 4) is 0 Å². The maximum absolute atomic E-state index is 11.8. The van der Waals surface area contributed by atoms with Gasteiger partial charge >= 0.3 is 5.97 Å². The van der Waals surface area contributed by atoms with Crippen molar-refractivity contribution in [1.82, 2.24) is 15.0 Å². The van der Waals surface area contributed by atoms with Crippen LogP contribution in [0.25, 0.3) is 0 Å². The molecule has 140 valence electrons. The highest BCUT2D eigenvalue weighted by atomic mass is 32.1. The van der Waals surface area contributed by atoms with Gasteiger partial charge in [-0.15, -0.1) is 11.3 Å². The first-order valence-electron chi connectivity index (χ1n) is 8.42. The number of aliphatic carboxylic acids is 1. The number of morpholine rings is 1. The zero-order valence-corrected chi connectivity index (χ0v) is 16.0. The molecule has 3 heterocycles. The van der Waals surface area contributed by atoms with Gasteiger partial charge in [-0.05, 0) is 13.8 Å². The van der Waals surface area contributed by atoms with E-state index in [1.54, 1.807) is 37.6 Å². The van der Waals surface area contributed by atoms with Crippen molar-refractivity contribution in [2.75, 3.05) is 43.2 Å². The Bertz CT molecular complexity index is 760. The lowest BCUT2D eigenvalue weighted by Crippen LogP contribution is -2.40. The first kappa shape index (κ1) is 18.5.